The molecule has 1 fully saturated rings. The summed E-state index contributed by atoms with van der Waals surface area (Å²) >= 11 is 1.54. The second-order valence-corrected chi connectivity index (χ2v) is 8.84. The fourth-order valence-corrected chi connectivity index (χ4v) is 5.00. The van der Waals surface area contributed by atoms with E-state index in [1.807, 2.05) is 36.4 Å². The minimum Gasteiger partial charge on any atom is -0.352 e. The largest absolute Gasteiger partial charge is 0.352 e. The Morgan fingerprint density at radius 2 is 2.07 bits per heavy atom. The number of hydrogen-bond acceptors (Lipinski definition) is 4. The van der Waals surface area contributed by atoms with Crippen molar-refractivity contribution in [2.45, 2.75) is 48.4 Å². The van der Waals surface area contributed by atoms with Crippen LogP contribution in [0.25, 0.3) is 0 Å². The first-order valence-corrected chi connectivity index (χ1v) is 11.2. The number of rotatable bonds is 5. The van der Waals surface area contributed by atoms with E-state index < -0.39 is 0 Å². The van der Waals surface area contributed by atoms with Crippen LogP contribution in [0.5, 0.6) is 0 Å². The predicted molar refractivity (Wildman–Crippen MR) is 117 cm³/mol. The Bertz CT molecular complexity index is 915. The van der Waals surface area contributed by atoms with E-state index in [9.17, 15) is 9.59 Å². The average molecular weight is 410 g/mol. The summed E-state index contributed by atoms with van der Waals surface area (Å²) in [5.74, 6) is -0.236. The molecule has 152 valence electrons. The van der Waals surface area contributed by atoms with E-state index in [-0.39, 0.29) is 11.8 Å². The Balaban J connectivity index is 1.36. The van der Waals surface area contributed by atoms with Gasteiger partial charge in [0, 0.05) is 34.5 Å². The van der Waals surface area contributed by atoms with E-state index >= 15 is 0 Å². The highest BCUT2D eigenvalue weighted by molar-refractivity contribution is 7.99. The third-order valence-electron chi connectivity index (χ3n) is 5.69. The van der Waals surface area contributed by atoms with E-state index in [1.165, 1.54) is 25.8 Å². The number of fused-ring (bicyclic) bond motifs is 2. The lowest BCUT2D eigenvalue weighted by molar-refractivity contribution is 0.0947. The van der Waals surface area contributed by atoms with Gasteiger partial charge < -0.3 is 15.5 Å². The van der Waals surface area contributed by atoms with Crippen molar-refractivity contribution in [2.75, 3.05) is 25.0 Å². The molecule has 4 rings (SSSR count). The van der Waals surface area contributed by atoms with E-state index in [4.69, 9.17) is 0 Å². The summed E-state index contributed by atoms with van der Waals surface area (Å²) in [7, 11) is 0. The van der Waals surface area contributed by atoms with Crippen molar-refractivity contribution in [3.63, 3.8) is 0 Å². The SMILES string of the molecule is CC1CCCCN1CCCNC(=O)c1ccc2c(c1)NC(=O)c1ccccc1S2. The number of likely N-dealkylation sites (tertiary alicyclic amines) is 1. The molecule has 0 radical (unpaired) electrons. The molecule has 0 saturated carbocycles. The normalized spacial score (nSPS) is 18.9. The van der Waals surface area contributed by atoms with Crippen molar-refractivity contribution in [3.05, 3.63) is 53.6 Å². The molecule has 0 aromatic heterocycles. The Kier molecular flexibility index (Phi) is 6.21. The monoisotopic (exact) mass is 409 g/mol. The van der Waals surface area contributed by atoms with Gasteiger partial charge in [-0.2, -0.15) is 0 Å². The van der Waals surface area contributed by atoms with Crippen LogP contribution in [-0.4, -0.2) is 42.4 Å². The zero-order valence-electron chi connectivity index (χ0n) is 16.7. The molecule has 2 aromatic carbocycles. The second kappa shape index (κ2) is 9.01. The maximum absolute atomic E-state index is 12.6. The van der Waals surface area contributed by atoms with Gasteiger partial charge in [-0.15, -0.1) is 0 Å². The van der Waals surface area contributed by atoms with Crippen molar-refractivity contribution in [2.24, 2.45) is 0 Å². The molecule has 0 bridgehead atoms. The maximum atomic E-state index is 12.6. The minimum atomic E-state index is -0.139. The van der Waals surface area contributed by atoms with Crippen LogP contribution in [0.2, 0.25) is 0 Å². The standard InChI is InChI=1S/C23H27N3O2S/c1-16-7-4-5-13-26(16)14-6-12-24-22(27)17-10-11-21-19(15-17)25-23(28)18-8-2-3-9-20(18)29-21/h2-3,8-11,15-16H,4-7,12-14H2,1H3,(H,24,27)(H,25,28). The summed E-state index contributed by atoms with van der Waals surface area (Å²) in [5.41, 5.74) is 1.92. The molecule has 2 aromatic rings. The molecule has 1 saturated heterocycles. The summed E-state index contributed by atoms with van der Waals surface area (Å²) in [6.07, 6.45) is 4.82. The van der Waals surface area contributed by atoms with Crippen LogP contribution < -0.4 is 10.6 Å². The van der Waals surface area contributed by atoms with Crippen LogP contribution in [0.4, 0.5) is 5.69 Å². The van der Waals surface area contributed by atoms with Gasteiger partial charge in [0.25, 0.3) is 11.8 Å². The molecule has 2 N–H and O–H groups in total. The molecular weight excluding hydrogens is 382 g/mol. The van der Waals surface area contributed by atoms with Gasteiger partial charge in [0.05, 0.1) is 11.3 Å². The molecule has 6 heteroatoms. The molecule has 1 atom stereocenters. The molecule has 2 aliphatic rings. The quantitative estimate of drug-likeness (QED) is 0.719. The van der Waals surface area contributed by atoms with Gasteiger partial charge in [0.15, 0.2) is 0 Å². The summed E-state index contributed by atoms with van der Waals surface area (Å²) in [6, 6.07) is 13.7. The van der Waals surface area contributed by atoms with Crippen LogP contribution in [0.1, 0.15) is 53.3 Å². The molecule has 29 heavy (non-hydrogen) atoms. The third kappa shape index (κ3) is 4.65. The van der Waals surface area contributed by atoms with Crippen molar-refractivity contribution in [1.29, 1.82) is 0 Å². The second-order valence-electron chi connectivity index (χ2n) is 7.75. The number of benzene rings is 2. The topological polar surface area (TPSA) is 61.4 Å². The Morgan fingerprint density at radius 3 is 2.93 bits per heavy atom. The zero-order chi connectivity index (χ0) is 20.2. The van der Waals surface area contributed by atoms with Gasteiger partial charge in [-0.05, 0) is 63.1 Å². The lowest BCUT2D eigenvalue weighted by atomic mass is 10.0. The molecule has 2 heterocycles. The smallest absolute Gasteiger partial charge is 0.256 e. The minimum absolute atomic E-state index is 0.0968. The molecular formula is C23H27N3O2S. The average Bonchev–Trinajstić information content (AvgIpc) is 2.87. The highest BCUT2D eigenvalue weighted by Gasteiger charge is 2.21. The molecule has 2 aliphatic heterocycles. The highest BCUT2D eigenvalue weighted by Crippen LogP contribution is 2.38. The zero-order valence-corrected chi connectivity index (χ0v) is 17.6. The Hall–Kier alpha value is -2.31. The lowest BCUT2D eigenvalue weighted by Crippen LogP contribution is -2.39. The van der Waals surface area contributed by atoms with Crippen molar-refractivity contribution in [3.8, 4) is 0 Å². The van der Waals surface area contributed by atoms with Crippen LogP contribution in [-0.2, 0) is 0 Å². The fourth-order valence-electron chi connectivity index (χ4n) is 3.99. The van der Waals surface area contributed by atoms with E-state index in [0.29, 0.717) is 29.4 Å². The number of anilines is 1. The first kappa shape index (κ1) is 20.0. The fraction of sp³-hybridized carbons (Fsp3) is 0.391. The van der Waals surface area contributed by atoms with Gasteiger partial charge in [0.2, 0.25) is 0 Å². The molecule has 2 amide bonds. The maximum Gasteiger partial charge on any atom is 0.256 e. The van der Waals surface area contributed by atoms with Crippen LogP contribution in [0, 0.1) is 0 Å². The van der Waals surface area contributed by atoms with Crippen molar-refractivity contribution in [1.82, 2.24) is 10.2 Å². The van der Waals surface area contributed by atoms with Crippen LogP contribution in [0.3, 0.4) is 0 Å². The van der Waals surface area contributed by atoms with Crippen LogP contribution >= 0.6 is 11.8 Å². The molecule has 0 spiro atoms. The van der Waals surface area contributed by atoms with E-state index in [2.05, 4.69) is 22.5 Å². The molecule has 5 nitrogen and oxygen atoms in total. The summed E-state index contributed by atoms with van der Waals surface area (Å²) in [5, 5.41) is 5.96. The number of amides is 2. The number of nitrogens with one attached hydrogen (secondary N) is 2. The number of carbonyl (C=O) groups is 2. The summed E-state index contributed by atoms with van der Waals surface area (Å²) in [4.78, 5) is 29.5. The Morgan fingerprint density at radius 1 is 1.21 bits per heavy atom. The number of carbonyl (C=O) groups excluding carboxylic acids is 2. The third-order valence-corrected chi connectivity index (χ3v) is 6.84. The van der Waals surface area contributed by atoms with Gasteiger partial charge in [0.1, 0.15) is 0 Å². The van der Waals surface area contributed by atoms with Gasteiger partial charge in [-0.1, -0.05) is 30.3 Å². The van der Waals surface area contributed by atoms with Gasteiger partial charge in [-0.25, -0.2) is 0 Å². The Labute approximate surface area is 176 Å². The van der Waals surface area contributed by atoms with Gasteiger partial charge >= 0.3 is 0 Å². The summed E-state index contributed by atoms with van der Waals surface area (Å²) in [6.45, 7) is 5.14. The highest BCUT2D eigenvalue weighted by atomic mass is 32.2. The summed E-state index contributed by atoms with van der Waals surface area (Å²) < 4.78 is 0. The first-order chi connectivity index (χ1) is 14.1. The molecule has 0 aliphatic carbocycles. The van der Waals surface area contributed by atoms with Crippen molar-refractivity contribution >= 4 is 29.3 Å². The predicted octanol–water partition coefficient (Wildman–Crippen LogP) is 4.40. The van der Waals surface area contributed by atoms with Crippen LogP contribution in [0.15, 0.2) is 52.3 Å². The number of piperidine rings is 1. The number of nitrogens with zero attached hydrogens (tertiary/aromatic N) is 1. The lowest BCUT2D eigenvalue weighted by Gasteiger charge is -2.33. The number of hydrogen-bond donors (Lipinski definition) is 2. The first-order valence-electron chi connectivity index (χ1n) is 10.4. The van der Waals surface area contributed by atoms with Crippen molar-refractivity contribution < 1.29 is 9.59 Å². The van der Waals surface area contributed by atoms with E-state index in [1.54, 1.807) is 17.8 Å². The van der Waals surface area contributed by atoms with E-state index in [0.717, 1.165) is 22.8 Å². The molecule has 1 unspecified atom stereocenters. The van der Waals surface area contributed by atoms with Gasteiger partial charge in [-0.3, -0.25) is 9.59 Å².